The monoisotopic (exact) mass is 362 g/mol. The van der Waals surface area contributed by atoms with Crippen LogP contribution in [0.5, 0.6) is 0 Å². The highest BCUT2D eigenvalue weighted by Gasteiger charge is 2.43. The molecule has 1 saturated carbocycles. The van der Waals surface area contributed by atoms with Gasteiger partial charge >= 0.3 is 0 Å². The Morgan fingerprint density at radius 2 is 2.11 bits per heavy atom. The SMILES string of the molecule is Cc1c(C(=O)N2CC3CCC(N)C3C2)nnn1-c1cccc2cnccc12. The second-order valence-electron chi connectivity index (χ2n) is 7.68. The Bertz CT molecular complexity index is 1020. The molecule has 7 heteroatoms. The van der Waals surface area contributed by atoms with Crippen LogP contribution in [0, 0.1) is 18.8 Å². The van der Waals surface area contributed by atoms with Crippen LogP contribution in [0.2, 0.25) is 0 Å². The minimum absolute atomic E-state index is 0.0396. The number of likely N-dealkylation sites (tertiary alicyclic amines) is 1. The van der Waals surface area contributed by atoms with E-state index in [4.69, 9.17) is 5.73 Å². The van der Waals surface area contributed by atoms with Gasteiger partial charge in [0.05, 0.1) is 11.4 Å². The number of fused-ring (bicyclic) bond motifs is 2. The molecule has 0 radical (unpaired) electrons. The predicted octanol–water partition coefficient (Wildman–Crippen LogP) is 1.93. The molecule has 27 heavy (non-hydrogen) atoms. The number of carbonyl (C=O) groups excluding carboxylic acids is 1. The molecule has 138 valence electrons. The lowest BCUT2D eigenvalue weighted by molar-refractivity contribution is 0.0773. The average molecular weight is 362 g/mol. The van der Waals surface area contributed by atoms with E-state index in [9.17, 15) is 4.79 Å². The molecule has 1 amide bonds. The fourth-order valence-corrected chi connectivity index (χ4v) is 4.67. The Morgan fingerprint density at radius 3 is 2.96 bits per heavy atom. The van der Waals surface area contributed by atoms with Gasteiger partial charge in [-0.1, -0.05) is 17.3 Å². The molecule has 1 aliphatic carbocycles. The summed E-state index contributed by atoms with van der Waals surface area (Å²) in [6, 6.07) is 8.13. The molecule has 5 rings (SSSR count). The third-order valence-corrected chi connectivity index (χ3v) is 6.18. The van der Waals surface area contributed by atoms with E-state index in [0.717, 1.165) is 48.1 Å². The number of pyridine rings is 1. The van der Waals surface area contributed by atoms with Gasteiger partial charge in [0.25, 0.3) is 5.91 Å². The number of benzene rings is 1. The van der Waals surface area contributed by atoms with Gasteiger partial charge in [0.1, 0.15) is 0 Å². The summed E-state index contributed by atoms with van der Waals surface area (Å²) in [5, 5.41) is 10.6. The van der Waals surface area contributed by atoms with Gasteiger partial charge < -0.3 is 10.6 Å². The molecule has 0 spiro atoms. The zero-order valence-corrected chi connectivity index (χ0v) is 15.2. The molecule has 3 unspecified atom stereocenters. The van der Waals surface area contributed by atoms with E-state index in [2.05, 4.69) is 15.3 Å². The largest absolute Gasteiger partial charge is 0.337 e. The van der Waals surface area contributed by atoms with Crippen LogP contribution in [0.25, 0.3) is 16.5 Å². The number of hydrogen-bond donors (Lipinski definition) is 1. The third-order valence-electron chi connectivity index (χ3n) is 6.18. The van der Waals surface area contributed by atoms with E-state index in [1.165, 1.54) is 0 Å². The van der Waals surface area contributed by atoms with Crippen molar-refractivity contribution < 1.29 is 4.79 Å². The van der Waals surface area contributed by atoms with Crippen LogP contribution in [0.15, 0.2) is 36.7 Å². The van der Waals surface area contributed by atoms with Crippen molar-refractivity contribution in [1.29, 1.82) is 0 Å². The molecule has 2 aromatic heterocycles. The zero-order chi connectivity index (χ0) is 18.5. The number of aromatic nitrogens is 4. The third kappa shape index (κ3) is 2.53. The van der Waals surface area contributed by atoms with E-state index >= 15 is 0 Å². The van der Waals surface area contributed by atoms with Crippen molar-refractivity contribution in [2.24, 2.45) is 17.6 Å². The number of carbonyl (C=O) groups is 1. The Hall–Kier alpha value is -2.80. The van der Waals surface area contributed by atoms with Crippen molar-refractivity contribution in [2.75, 3.05) is 13.1 Å². The minimum atomic E-state index is -0.0396. The maximum atomic E-state index is 13.1. The number of rotatable bonds is 2. The number of nitrogens with two attached hydrogens (primary N) is 1. The molecule has 7 nitrogen and oxygen atoms in total. The smallest absolute Gasteiger partial charge is 0.276 e. The summed E-state index contributed by atoms with van der Waals surface area (Å²) in [5.74, 6) is 0.919. The second kappa shape index (κ2) is 6.13. The van der Waals surface area contributed by atoms with Crippen molar-refractivity contribution in [3.8, 4) is 5.69 Å². The highest BCUT2D eigenvalue weighted by atomic mass is 16.2. The standard InChI is InChI=1S/C20H22N6O/c1-12-19(20(27)25-10-14-5-6-17(21)16(14)11-25)23-24-26(12)18-4-2-3-13-9-22-8-7-15(13)18/h2-4,7-9,14,16-17H,5-6,10-11,21H2,1H3. The molecule has 1 aliphatic heterocycles. The second-order valence-corrected chi connectivity index (χ2v) is 7.68. The summed E-state index contributed by atoms with van der Waals surface area (Å²) in [7, 11) is 0. The maximum absolute atomic E-state index is 13.1. The summed E-state index contributed by atoms with van der Waals surface area (Å²) in [6.07, 6.45) is 5.77. The molecule has 3 atom stereocenters. The van der Waals surface area contributed by atoms with Crippen molar-refractivity contribution >= 4 is 16.7 Å². The quantitative estimate of drug-likeness (QED) is 0.752. The molecule has 2 fully saturated rings. The number of hydrogen-bond acceptors (Lipinski definition) is 5. The van der Waals surface area contributed by atoms with Crippen LogP contribution in [0.4, 0.5) is 0 Å². The van der Waals surface area contributed by atoms with E-state index in [1.807, 2.05) is 42.3 Å². The fourth-order valence-electron chi connectivity index (χ4n) is 4.67. The number of amides is 1. The summed E-state index contributed by atoms with van der Waals surface area (Å²) < 4.78 is 1.75. The van der Waals surface area contributed by atoms with Crippen molar-refractivity contribution in [2.45, 2.75) is 25.8 Å². The first kappa shape index (κ1) is 16.4. The van der Waals surface area contributed by atoms with Gasteiger partial charge in [-0.3, -0.25) is 9.78 Å². The molecular formula is C20H22N6O. The van der Waals surface area contributed by atoms with E-state index in [-0.39, 0.29) is 11.9 Å². The Labute approximate surface area is 157 Å². The van der Waals surface area contributed by atoms with Crippen LogP contribution in [-0.4, -0.2) is 49.9 Å². The van der Waals surface area contributed by atoms with Crippen LogP contribution in [0.1, 0.15) is 29.0 Å². The first-order valence-electron chi connectivity index (χ1n) is 9.44. The van der Waals surface area contributed by atoms with Gasteiger partial charge in [0, 0.05) is 42.3 Å². The highest BCUT2D eigenvalue weighted by Crippen LogP contribution is 2.37. The lowest BCUT2D eigenvalue weighted by Gasteiger charge is -2.18. The van der Waals surface area contributed by atoms with Crippen LogP contribution >= 0.6 is 0 Å². The Balaban J connectivity index is 1.48. The molecule has 0 bridgehead atoms. The average Bonchev–Trinajstić information content (AvgIpc) is 3.37. The fraction of sp³-hybridized carbons (Fsp3) is 0.400. The first-order chi connectivity index (χ1) is 13.1. The van der Waals surface area contributed by atoms with Crippen molar-refractivity contribution in [3.05, 3.63) is 48.0 Å². The molecule has 2 aliphatic rings. The van der Waals surface area contributed by atoms with Gasteiger partial charge in [-0.05, 0) is 43.7 Å². The van der Waals surface area contributed by atoms with E-state index in [0.29, 0.717) is 17.5 Å². The van der Waals surface area contributed by atoms with Crippen LogP contribution in [-0.2, 0) is 0 Å². The van der Waals surface area contributed by atoms with Crippen molar-refractivity contribution in [1.82, 2.24) is 24.9 Å². The summed E-state index contributed by atoms with van der Waals surface area (Å²) >= 11 is 0. The molecular weight excluding hydrogens is 340 g/mol. The molecule has 3 heterocycles. The number of nitrogens with zero attached hydrogens (tertiary/aromatic N) is 5. The molecule has 1 aromatic carbocycles. The molecule has 3 aromatic rings. The lowest BCUT2D eigenvalue weighted by atomic mass is 9.98. The van der Waals surface area contributed by atoms with Gasteiger partial charge in [0.2, 0.25) is 0 Å². The molecule has 2 N–H and O–H groups in total. The van der Waals surface area contributed by atoms with Gasteiger partial charge in [-0.2, -0.15) is 0 Å². The normalized spacial score (nSPS) is 24.5. The Kier molecular flexibility index (Phi) is 3.72. The first-order valence-corrected chi connectivity index (χ1v) is 9.44. The topological polar surface area (TPSA) is 89.9 Å². The maximum Gasteiger partial charge on any atom is 0.276 e. The van der Waals surface area contributed by atoms with Gasteiger partial charge in [0.15, 0.2) is 5.69 Å². The van der Waals surface area contributed by atoms with E-state index < -0.39 is 0 Å². The van der Waals surface area contributed by atoms with Gasteiger partial charge in [-0.15, -0.1) is 5.10 Å². The summed E-state index contributed by atoms with van der Waals surface area (Å²) in [6.45, 7) is 3.41. The summed E-state index contributed by atoms with van der Waals surface area (Å²) in [5.41, 5.74) is 8.29. The summed E-state index contributed by atoms with van der Waals surface area (Å²) in [4.78, 5) is 19.2. The predicted molar refractivity (Wildman–Crippen MR) is 101 cm³/mol. The minimum Gasteiger partial charge on any atom is -0.337 e. The Morgan fingerprint density at radius 1 is 1.22 bits per heavy atom. The lowest BCUT2D eigenvalue weighted by Crippen LogP contribution is -2.34. The van der Waals surface area contributed by atoms with Gasteiger partial charge in [-0.25, -0.2) is 4.68 Å². The van der Waals surface area contributed by atoms with Crippen molar-refractivity contribution in [3.63, 3.8) is 0 Å². The highest BCUT2D eigenvalue weighted by molar-refractivity contribution is 5.94. The van der Waals surface area contributed by atoms with Crippen LogP contribution < -0.4 is 5.73 Å². The van der Waals surface area contributed by atoms with E-state index in [1.54, 1.807) is 10.9 Å². The molecule has 1 saturated heterocycles. The zero-order valence-electron chi connectivity index (χ0n) is 15.2. The van der Waals surface area contributed by atoms with Crippen LogP contribution in [0.3, 0.4) is 0 Å².